The number of aliphatic hydroxyl groups is 1. The predicted octanol–water partition coefficient (Wildman–Crippen LogP) is 2.88. The van der Waals surface area contributed by atoms with E-state index in [2.05, 4.69) is 0 Å². The van der Waals surface area contributed by atoms with Crippen LogP contribution in [-0.2, 0) is 0 Å². The molecule has 126 valence electrons. The van der Waals surface area contributed by atoms with E-state index < -0.39 is 11.0 Å². The number of rotatable bonds is 7. The van der Waals surface area contributed by atoms with Gasteiger partial charge in [0.25, 0.3) is 5.69 Å². The summed E-state index contributed by atoms with van der Waals surface area (Å²) in [6.07, 6.45) is -1.49. The zero-order chi connectivity index (χ0) is 17.7. The van der Waals surface area contributed by atoms with Gasteiger partial charge in [-0.05, 0) is 25.1 Å². The lowest BCUT2D eigenvalue weighted by Gasteiger charge is -2.15. The molecule has 24 heavy (non-hydrogen) atoms. The maximum Gasteiger partial charge on any atom is 0.270 e. The van der Waals surface area contributed by atoms with E-state index in [1.54, 1.807) is 31.2 Å². The highest BCUT2D eigenvalue weighted by Gasteiger charge is 2.22. The van der Waals surface area contributed by atoms with Gasteiger partial charge in [0.05, 0.1) is 17.6 Å². The van der Waals surface area contributed by atoms with Crippen molar-refractivity contribution in [1.82, 2.24) is 0 Å². The summed E-state index contributed by atoms with van der Waals surface area (Å²) in [4.78, 5) is 22.7. The number of benzene rings is 2. The number of ether oxygens (including phenoxy) is 1. The average Bonchev–Trinajstić information content (AvgIpc) is 2.55. The number of non-ortho nitro benzene ring substituents is 1. The number of nitrogen functional groups attached to an aromatic ring is 1. The quantitative estimate of drug-likeness (QED) is 0.349. The van der Waals surface area contributed by atoms with Crippen LogP contribution in [0.5, 0.6) is 5.75 Å². The van der Waals surface area contributed by atoms with Crippen LogP contribution in [0.3, 0.4) is 0 Å². The molecule has 0 saturated heterocycles. The molecule has 7 heteroatoms. The number of carbonyl (C=O) groups is 1. The first-order chi connectivity index (χ1) is 11.4. The fraction of sp³-hybridized carbons (Fsp3) is 0.235. The minimum atomic E-state index is -1.24. The molecule has 2 rings (SSSR count). The number of hydrogen-bond donors (Lipinski definition) is 2. The Hall–Kier alpha value is -2.93. The van der Waals surface area contributed by atoms with E-state index >= 15 is 0 Å². The third-order valence-electron chi connectivity index (χ3n) is 3.50. The minimum Gasteiger partial charge on any atom is -0.493 e. The predicted molar refractivity (Wildman–Crippen MR) is 89.0 cm³/mol. The topological polar surface area (TPSA) is 116 Å². The standard InChI is InChI=1S/C17H18N2O5/c1-2-24-17-8-7-11(19(22)23)9-13(17)16(21)10-15(20)12-5-3-4-6-14(12)18/h3-9,16,21H,2,10,18H2,1H3. The molecule has 0 aliphatic heterocycles. The lowest BCUT2D eigenvalue weighted by Crippen LogP contribution is -2.11. The summed E-state index contributed by atoms with van der Waals surface area (Å²) < 4.78 is 5.39. The van der Waals surface area contributed by atoms with E-state index in [1.165, 1.54) is 18.2 Å². The number of nitro benzene ring substituents is 1. The van der Waals surface area contributed by atoms with Crippen LogP contribution in [0, 0.1) is 10.1 Å². The number of anilines is 1. The monoisotopic (exact) mass is 330 g/mol. The van der Waals surface area contributed by atoms with Crippen molar-refractivity contribution in [2.45, 2.75) is 19.4 Å². The molecule has 1 atom stereocenters. The van der Waals surface area contributed by atoms with Crippen molar-refractivity contribution in [2.24, 2.45) is 0 Å². The lowest BCUT2D eigenvalue weighted by atomic mass is 9.98. The Morgan fingerprint density at radius 2 is 2.04 bits per heavy atom. The van der Waals surface area contributed by atoms with Crippen molar-refractivity contribution in [1.29, 1.82) is 0 Å². The zero-order valence-electron chi connectivity index (χ0n) is 13.1. The van der Waals surface area contributed by atoms with Gasteiger partial charge < -0.3 is 15.6 Å². The number of Topliss-reactive ketones (excluding diaryl/α,β-unsaturated/α-hetero) is 1. The normalized spacial score (nSPS) is 11.8. The summed E-state index contributed by atoms with van der Waals surface area (Å²) in [5.41, 5.74) is 6.41. The van der Waals surface area contributed by atoms with Crippen molar-refractivity contribution in [3.8, 4) is 5.75 Å². The van der Waals surface area contributed by atoms with E-state index in [9.17, 15) is 20.0 Å². The van der Waals surface area contributed by atoms with Gasteiger partial charge in [-0.2, -0.15) is 0 Å². The first-order valence-electron chi connectivity index (χ1n) is 7.41. The molecular weight excluding hydrogens is 312 g/mol. The first-order valence-corrected chi connectivity index (χ1v) is 7.41. The Bertz CT molecular complexity index is 760. The second kappa shape index (κ2) is 7.56. The molecule has 0 saturated carbocycles. The molecule has 0 aliphatic rings. The van der Waals surface area contributed by atoms with Crippen LogP contribution >= 0.6 is 0 Å². The molecular formula is C17H18N2O5. The highest BCUT2D eigenvalue weighted by atomic mass is 16.6. The van der Waals surface area contributed by atoms with Crippen LogP contribution in [-0.4, -0.2) is 22.4 Å². The Morgan fingerprint density at radius 3 is 2.67 bits per heavy atom. The van der Waals surface area contributed by atoms with Crippen LogP contribution in [0.1, 0.15) is 35.4 Å². The highest BCUT2D eigenvalue weighted by Crippen LogP contribution is 2.32. The Kier molecular flexibility index (Phi) is 5.49. The number of nitrogens with zero attached hydrogens (tertiary/aromatic N) is 1. The van der Waals surface area contributed by atoms with Crippen molar-refractivity contribution >= 4 is 17.2 Å². The largest absolute Gasteiger partial charge is 0.493 e. The van der Waals surface area contributed by atoms with Crippen molar-refractivity contribution in [3.05, 3.63) is 63.7 Å². The smallest absolute Gasteiger partial charge is 0.270 e. The van der Waals surface area contributed by atoms with E-state index in [-0.39, 0.29) is 23.5 Å². The van der Waals surface area contributed by atoms with Crippen molar-refractivity contribution in [2.75, 3.05) is 12.3 Å². The maximum atomic E-state index is 12.3. The number of nitrogens with two attached hydrogens (primary N) is 1. The molecule has 0 amide bonds. The van der Waals surface area contributed by atoms with E-state index in [0.717, 1.165) is 0 Å². The SMILES string of the molecule is CCOc1ccc([N+](=O)[O-])cc1C(O)CC(=O)c1ccccc1N. The van der Waals surface area contributed by atoms with E-state index in [0.29, 0.717) is 23.6 Å². The second-order valence-electron chi connectivity index (χ2n) is 5.14. The van der Waals surface area contributed by atoms with Crippen LogP contribution < -0.4 is 10.5 Å². The molecule has 1 unspecified atom stereocenters. The summed E-state index contributed by atoms with van der Waals surface area (Å²) in [7, 11) is 0. The summed E-state index contributed by atoms with van der Waals surface area (Å²) in [5, 5.41) is 21.3. The molecule has 2 aromatic rings. The summed E-state index contributed by atoms with van der Waals surface area (Å²) in [6, 6.07) is 10.5. The zero-order valence-corrected chi connectivity index (χ0v) is 13.1. The van der Waals surface area contributed by atoms with Gasteiger partial charge in [0.1, 0.15) is 5.75 Å². The number of carbonyl (C=O) groups excluding carboxylic acids is 1. The molecule has 0 radical (unpaired) electrons. The number of hydrogen-bond acceptors (Lipinski definition) is 6. The minimum absolute atomic E-state index is 0.181. The molecule has 2 aromatic carbocycles. The summed E-state index contributed by atoms with van der Waals surface area (Å²) in [5.74, 6) is -0.0426. The van der Waals surface area contributed by atoms with Crippen molar-refractivity contribution in [3.63, 3.8) is 0 Å². The van der Waals surface area contributed by atoms with Gasteiger partial charge in [0.2, 0.25) is 0 Å². The molecule has 0 heterocycles. The van der Waals surface area contributed by atoms with Gasteiger partial charge in [-0.1, -0.05) is 12.1 Å². The van der Waals surface area contributed by atoms with Crippen LogP contribution in [0.4, 0.5) is 11.4 Å². The number of ketones is 1. The molecule has 0 bridgehead atoms. The van der Waals surface area contributed by atoms with Gasteiger partial charge >= 0.3 is 0 Å². The van der Waals surface area contributed by atoms with Gasteiger partial charge in [-0.25, -0.2) is 0 Å². The average molecular weight is 330 g/mol. The van der Waals surface area contributed by atoms with Crippen LogP contribution in [0.15, 0.2) is 42.5 Å². The third-order valence-corrected chi connectivity index (χ3v) is 3.50. The van der Waals surface area contributed by atoms with Crippen LogP contribution in [0.25, 0.3) is 0 Å². The first kappa shape index (κ1) is 17.4. The third kappa shape index (κ3) is 3.88. The maximum absolute atomic E-state index is 12.3. The van der Waals surface area contributed by atoms with Gasteiger partial charge in [0.15, 0.2) is 5.78 Å². The molecule has 0 aliphatic carbocycles. The highest BCUT2D eigenvalue weighted by molar-refractivity contribution is 6.01. The Morgan fingerprint density at radius 1 is 1.33 bits per heavy atom. The number of para-hydroxylation sites is 1. The molecule has 7 nitrogen and oxygen atoms in total. The number of aliphatic hydroxyl groups excluding tert-OH is 1. The van der Waals surface area contributed by atoms with Gasteiger partial charge in [-0.15, -0.1) is 0 Å². The summed E-state index contributed by atoms with van der Waals surface area (Å²) in [6.45, 7) is 2.09. The molecule has 0 fully saturated rings. The van der Waals surface area contributed by atoms with E-state index in [4.69, 9.17) is 10.5 Å². The number of nitro groups is 1. The molecule has 0 spiro atoms. The fourth-order valence-electron chi connectivity index (χ4n) is 2.34. The van der Waals surface area contributed by atoms with Gasteiger partial charge in [0, 0.05) is 35.4 Å². The van der Waals surface area contributed by atoms with E-state index in [1.807, 2.05) is 0 Å². The van der Waals surface area contributed by atoms with Gasteiger partial charge in [-0.3, -0.25) is 14.9 Å². The fourth-order valence-corrected chi connectivity index (χ4v) is 2.34. The Balaban J connectivity index is 2.29. The molecule has 0 aromatic heterocycles. The van der Waals surface area contributed by atoms with Crippen LogP contribution in [0.2, 0.25) is 0 Å². The molecule has 3 N–H and O–H groups in total. The lowest BCUT2D eigenvalue weighted by molar-refractivity contribution is -0.385. The Labute approximate surface area is 138 Å². The summed E-state index contributed by atoms with van der Waals surface area (Å²) >= 11 is 0. The van der Waals surface area contributed by atoms with Crippen molar-refractivity contribution < 1.29 is 19.6 Å². The second-order valence-corrected chi connectivity index (χ2v) is 5.14.